The highest BCUT2D eigenvalue weighted by molar-refractivity contribution is 5.91. The lowest BCUT2D eigenvalue weighted by Crippen LogP contribution is -2.22. The second-order valence-electron chi connectivity index (χ2n) is 2.09. The van der Waals surface area contributed by atoms with Crippen LogP contribution in [0.2, 0.25) is 0 Å². The van der Waals surface area contributed by atoms with Crippen LogP contribution in [-0.4, -0.2) is 12.5 Å². The number of hydrogen-bond donors (Lipinski definition) is 2. The maximum atomic E-state index is 10.5. The van der Waals surface area contributed by atoms with Crippen molar-refractivity contribution in [1.29, 1.82) is 0 Å². The van der Waals surface area contributed by atoms with Gasteiger partial charge >= 0.3 is 0 Å². The minimum Gasteiger partial charge on any atom is -0.391 e. The Hall–Kier alpha value is -0.990. The van der Waals surface area contributed by atoms with Gasteiger partial charge in [0.1, 0.15) is 0 Å². The third-order valence-electron chi connectivity index (χ3n) is 1.36. The first-order valence-electron chi connectivity index (χ1n) is 3.03. The van der Waals surface area contributed by atoms with Crippen LogP contribution in [0.15, 0.2) is 11.8 Å². The summed E-state index contributed by atoms with van der Waals surface area (Å²) >= 11 is 0. The predicted molar refractivity (Wildman–Crippen MR) is 34.5 cm³/mol. The molecule has 0 aromatic heterocycles. The summed E-state index contributed by atoms with van der Waals surface area (Å²) in [5.41, 5.74) is 5.73. The Morgan fingerprint density at radius 1 is 1.78 bits per heavy atom. The zero-order valence-corrected chi connectivity index (χ0v) is 5.18. The van der Waals surface area contributed by atoms with E-state index in [0.29, 0.717) is 5.57 Å². The van der Waals surface area contributed by atoms with Crippen LogP contribution in [0.25, 0.3) is 0 Å². The van der Waals surface area contributed by atoms with Crippen LogP contribution in [0.4, 0.5) is 0 Å². The molecule has 0 aromatic carbocycles. The Balaban J connectivity index is 2.57. The van der Waals surface area contributed by atoms with Gasteiger partial charge in [0.05, 0.1) is 0 Å². The SMILES string of the molecule is NC(=O)C1=CNCCC1. The molecule has 9 heavy (non-hydrogen) atoms. The number of nitrogens with one attached hydrogen (secondary N) is 1. The summed E-state index contributed by atoms with van der Waals surface area (Å²) in [5.74, 6) is -0.304. The third kappa shape index (κ3) is 1.45. The van der Waals surface area contributed by atoms with Crippen LogP contribution in [0.1, 0.15) is 12.8 Å². The number of amides is 1. The third-order valence-corrected chi connectivity index (χ3v) is 1.36. The van der Waals surface area contributed by atoms with E-state index >= 15 is 0 Å². The van der Waals surface area contributed by atoms with Gasteiger partial charge in [-0.15, -0.1) is 0 Å². The molecule has 1 aliphatic heterocycles. The van der Waals surface area contributed by atoms with Gasteiger partial charge in [-0.05, 0) is 12.8 Å². The van der Waals surface area contributed by atoms with Gasteiger partial charge in [0.2, 0.25) is 5.91 Å². The summed E-state index contributed by atoms with van der Waals surface area (Å²) in [5, 5.41) is 2.95. The average Bonchev–Trinajstić information content (AvgIpc) is 1.90. The molecule has 0 saturated carbocycles. The summed E-state index contributed by atoms with van der Waals surface area (Å²) in [6, 6.07) is 0. The lowest BCUT2D eigenvalue weighted by molar-refractivity contribution is -0.114. The highest BCUT2D eigenvalue weighted by atomic mass is 16.1. The summed E-state index contributed by atoms with van der Waals surface area (Å²) in [6.45, 7) is 0.955. The van der Waals surface area contributed by atoms with Gasteiger partial charge in [-0.1, -0.05) is 0 Å². The number of nitrogens with two attached hydrogens (primary N) is 1. The van der Waals surface area contributed by atoms with Gasteiger partial charge in [-0.25, -0.2) is 0 Å². The van der Waals surface area contributed by atoms with Crippen LogP contribution in [-0.2, 0) is 4.79 Å². The van der Waals surface area contributed by atoms with E-state index in [0.717, 1.165) is 19.4 Å². The molecule has 3 heteroatoms. The van der Waals surface area contributed by atoms with E-state index in [9.17, 15) is 4.79 Å². The minimum absolute atomic E-state index is 0.304. The van der Waals surface area contributed by atoms with Crippen molar-refractivity contribution in [2.75, 3.05) is 6.54 Å². The van der Waals surface area contributed by atoms with Crippen molar-refractivity contribution in [2.24, 2.45) is 5.73 Å². The first-order valence-corrected chi connectivity index (χ1v) is 3.03. The van der Waals surface area contributed by atoms with Crippen LogP contribution < -0.4 is 11.1 Å². The molecule has 1 amide bonds. The van der Waals surface area contributed by atoms with Crippen molar-refractivity contribution in [2.45, 2.75) is 12.8 Å². The molecule has 0 aliphatic carbocycles. The maximum absolute atomic E-state index is 10.5. The summed E-state index contributed by atoms with van der Waals surface area (Å²) < 4.78 is 0. The second kappa shape index (κ2) is 2.53. The summed E-state index contributed by atoms with van der Waals surface area (Å²) in [4.78, 5) is 10.5. The number of rotatable bonds is 1. The van der Waals surface area contributed by atoms with Crippen molar-refractivity contribution in [3.63, 3.8) is 0 Å². The van der Waals surface area contributed by atoms with Gasteiger partial charge in [-0.3, -0.25) is 4.79 Å². The van der Waals surface area contributed by atoms with E-state index in [4.69, 9.17) is 5.73 Å². The molecule has 1 rings (SSSR count). The molecular weight excluding hydrogens is 116 g/mol. The predicted octanol–water partition coefficient (Wildman–Crippen LogP) is -0.261. The van der Waals surface area contributed by atoms with E-state index in [1.165, 1.54) is 0 Å². The van der Waals surface area contributed by atoms with Gasteiger partial charge in [0.15, 0.2) is 0 Å². The van der Waals surface area contributed by atoms with Gasteiger partial charge in [0.25, 0.3) is 0 Å². The van der Waals surface area contributed by atoms with E-state index in [2.05, 4.69) is 5.32 Å². The molecule has 3 nitrogen and oxygen atoms in total. The zero-order valence-electron chi connectivity index (χ0n) is 5.18. The van der Waals surface area contributed by atoms with Crippen molar-refractivity contribution < 1.29 is 4.79 Å². The largest absolute Gasteiger partial charge is 0.391 e. The molecule has 0 radical (unpaired) electrons. The molecule has 3 N–H and O–H groups in total. The van der Waals surface area contributed by atoms with E-state index in [1.54, 1.807) is 6.20 Å². The first-order chi connectivity index (χ1) is 4.30. The second-order valence-corrected chi connectivity index (χ2v) is 2.09. The lowest BCUT2D eigenvalue weighted by atomic mass is 10.1. The summed E-state index contributed by atoms with van der Waals surface area (Å²) in [7, 11) is 0. The normalized spacial score (nSPS) is 18.0. The first kappa shape index (κ1) is 6.13. The maximum Gasteiger partial charge on any atom is 0.246 e. The van der Waals surface area contributed by atoms with Crippen molar-refractivity contribution in [1.82, 2.24) is 5.32 Å². The van der Waals surface area contributed by atoms with Crippen molar-refractivity contribution in [3.05, 3.63) is 11.8 Å². The Kier molecular flexibility index (Phi) is 1.72. The average molecular weight is 126 g/mol. The van der Waals surface area contributed by atoms with E-state index in [-0.39, 0.29) is 5.91 Å². The van der Waals surface area contributed by atoms with Crippen LogP contribution in [0.5, 0.6) is 0 Å². The molecule has 0 spiro atoms. The van der Waals surface area contributed by atoms with Gasteiger partial charge < -0.3 is 11.1 Å². The van der Waals surface area contributed by atoms with Gasteiger partial charge in [0, 0.05) is 18.3 Å². The lowest BCUT2D eigenvalue weighted by Gasteiger charge is -2.10. The molecule has 0 atom stereocenters. The smallest absolute Gasteiger partial charge is 0.246 e. The zero-order chi connectivity index (χ0) is 6.69. The molecular formula is C6H10N2O. The number of primary amides is 1. The van der Waals surface area contributed by atoms with Crippen molar-refractivity contribution >= 4 is 5.91 Å². The molecule has 0 aromatic rings. The Bertz CT molecular complexity index is 151. The topological polar surface area (TPSA) is 55.1 Å². The fourth-order valence-corrected chi connectivity index (χ4v) is 0.843. The number of carbonyl (C=O) groups is 1. The molecule has 1 heterocycles. The molecule has 1 aliphatic rings. The molecule has 50 valence electrons. The van der Waals surface area contributed by atoms with Gasteiger partial charge in [-0.2, -0.15) is 0 Å². The molecule has 0 fully saturated rings. The standard InChI is InChI=1S/C6H10N2O/c7-6(9)5-2-1-3-8-4-5/h4,8H,1-3H2,(H2,7,9). The molecule has 0 saturated heterocycles. The van der Waals surface area contributed by atoms with Crippen molar-refractivity contribution in [3.8, 4) is 0 Å². The van der Waals surface area contributed by atoms with E-state index in [1.807, 2.05) is 0 Å². The molecule has 0 bridgehead atoms. The Morgan fingerprint density at radius 2 is 2.56 bits per heavy atom. The highest BCUT2D eigenvalue weighted by Crippen LogP contribution is 2.05. The Labute approximate surface area is 53.9 Å². The van der Waals surface area contributed by atoms with Crippen LogP contribution >= 0.6 is 0 Å². The van der Waals surface area contributed by atoms with E-state index < -0.39 is 0 Å². The fraction of sp³-hybridized carbons (Fsp3) is 0.500. The van der Waals surface area contributed by atoms with Crippen LogP contribution in [0, 0.1) is 0 Å². The molecule has 0 unspecified atom stereocenters. The number of carbonyl (C=O) groups excluding carboxylic acids is 1. The minimum atomic E-state index is -0.304. The highest BCUT2D eigenvalue weighted by Gasteiger charge is 2.06. The Morgan fingerprint density at radius 3 is 2.89 bits per heavy atom. The number of hydrogen-bond acceptors (Lipinski definition) is 2. The summed E-state index contributed by atoms with van der Waals surface area (Å²) in [6.07, 6.45) is 3.53. The quantitative estimate of drug-likeness (QED) is 0.508. The van der Waals surface area contributed by atoms with Crippen LogP contribution in [0.3, 0.4) is 0 Å². The fourth-order valence-electron chi connectivity index (χ4n) is 0.843. The monoisotopic (exact) mass is 126 g/mol.